The maximum Gasteiger partial charge on any atom is 0.338 e. The van der Waals surface area contributed by atoms with E-state index in [0.29, 0.717) is 5.56 Å². The molecule has 0 radical (unpaired) electrons. The van der Waals surface area contributed by atoms with Crippen molar-refractivity contribution < 1.29 is 32.5 Å². The molecule has 1 aromatic carbocycles. The summed E-state index contributed by atoms with van der Waals surface area (Å²) < 4.78 is 50.7. The first-order valence-electron chi connectivity index (χ1n) is 7.78. The summed E-state index contributed by atoms with van der Waals surface area (Å²) in [6.45, 7) is 3.33. The van der Waals surface area contributed by atoms with Crippen molar-refractivity contribution in [1.82, 2.24) is 0 Å². The third-order valence-electron chi connectivity index (χ3n) is 5.02. The van der Waals surface area contributed by atoms with E-state index in [2.05, 4.69) is 0 Å². The first-order valence-corrected chi connectivity index (χ1v) is 7.78. The molecule has 2 aliphatic heterocycles. The molecule has 0 unspecified atom stereocenters. The van der Waals surface area contributed by atoms with E-state index in [0.717, 1.165) is 0 Å². The van der Waals surface area contributed by atoms with Crippen molar-refractivity contribution in [2.24, 2.45) is 5.41 Å². The summed E-state index contributed by atoms with van der Waals surface area (Å²) in [5.41, 5.74) is -0.928. The minimum Gasteiger partial charge on any atom is -0.465 e. The van der Waals surface area contributed by atoms with Crippen LogP contribution >= 0.6 is 0 Å². The van der Waals surface area contributed by atoms with Crippen LogP contribution < -0.4 is 0 Å². The van der Waals surface area contributed by atoms with Crippen LogP contribution in [0.2, 0.25) is 0 Å². The van der Waals surface area contributed by atoms with Crippen LogP contribution in [0.1, 0.15) is 42.3 Å². The normalized spacial score (nSPS) is 38.1. The summed E-state index contributed by atoms with van der Waals surface area (Å²) in [6.07, 6.45) is -3.11. The molecule has 130 valence electrons. The van der Waals surface area contributed by atoms with Crippen LogP contribution in [0.3, 0.4) is 0 Å². The van der Waals surface area contributed by atoms with Gasteiger partial charge in [0.15, 0.2) is 12.1 Å². The number of esters is 1. The first-order chi connectivity index (χ1) is 11.2. The Morgan fingerprint density at radius 1 is 1.25 bits per heavy atom. The maximum atomic E-state index is 14.4. The van der Waals surface area contributed by atoms with Crippen LogP contribution in [0.15, 0.2) is 24.3 Å². The molecule has 4 atom stereocenters. The van der Waals surface area contributed by atoms with Crippen molar-refractivity contribution >= 4 is 5.97 Å². The molecule has 3 aliphatic rings. The van der Waals surface area contributed by atoms with E-state index in [1.165, 1.54) is 7.11 Å². The van der Waals surface area contributed by atoms with E-state index in [1.807, 2.05) is 0 Å². The largest absolute Gasteiger partial charge is 0.465 e. The fourth-order valence-electron chi connectivity index (χ4n) is 3.87. The topological polar surface area (TPSA) is 54.0 Å². The third kappa shape index (κ3) is 1.98. The lowest BCUT2D eigenvalue weighted by Gasteiger charge is -2.27. The Balaban J connectivity index is 1.77. The zero-order chi connectivity index (χ0) is 17.3. The molecule has 0 bridgehead atoms. The summed E-state index contributed by atoms with van der Waals surface area (Å²) >= 11 is 0. The van der Waals surface area contributed by atoms with Crippen LogP contribution in [0.4, 0.5) is 8.78 Å². The minimum atomic E-state index is -2.94. The smallest absolute Gasteiger partial charge is 0.338 e. The third-order valence-corrected chi connectivity index (χ3v) is 5.02. The number of ether oxygens (including phenoxy) is 4. The lowest BCUT2D eigenvalue weighted by molar-refractivity contribution is -0.217. The molecular weight excluding hydrogens is 322 g/mol. The quantitative estimate of drug-likeness (QED) is 0.775. The van der Waals surface area contributed by atoms with Gasteiger partial charge in [-0.1, -0.05) is 18.2 Å². The number of hydrogen-bond acceptors (Lipinski definition) is 5. The second kappa shape index (κ2) is 4.74. The number of alkyl halides is 2. The van der Waals surface area contributed by atoms with Crippen molar-refractivity contribution in [3.05, 3.63) is 35.4 Å². The molecule has 7 heteroatoms. The van der Waals surface area contributed by atoms with Gasteiger partial charge in [0.2, 0.25) is 0 Å². The molecule has 24 heavy (non-hydrogen) atoms. The zero-order valence-electron chi connectivity index (χ0n) is 13.5. The van der Waals surface area contributed by atoms with Crippen molar-refractivity contribution in [1.29, 1.82) is 0 Å². The maximum absolute atomic E-state index is 14.4. The number of benzene rings is 1. The van der Waals surface area contributed by atoms with Crippen molar-refractivity contribution in [2.45, 2.75) is 50.5 Å². The second-order valence-corrected chi connectivity index (χ2v) is 6.94. The van der Waals surface area contributed by atoms with Gasteiger partial charge in [0.05, 0.1) is 12.7 Å². The predicted molar refractivity (Wildman–Crippen MR) is 77.4 cm³/mol. The molecule has 4 rings (SSSR count). The fourth-order valence-corrected chi connectivity index (χ4v) is 3.87. The van der Waals surface area contributed by atoms with Crippen LogP contribution in [-0.4, -0.2) is 37.2 Å². The zero-order valence-corrected chi connectivity index (χ0v) is 13.5. The average Bonchev–Trinajstić information content (AvgIpc) is 2.79. The van der Waals surface area contributed by atoms with Gasteiger partial charge in [0, 0.05) is 6.42 Å². The number of methoxy groups -OCH3 is 1. The summed E-state index contributed by atoms with van der Waals surface area (Å²) in [7, 11) is 1.25. The van der Waals surface area contributed by atoms with Gasteiger partial charge >= 0.3 is 5.97 Å². The standard InChI is InChI=1S/C17H18F2O5/c1-15(2)23-12-14(24-15)22-11(16(12)8-17(16,18)19)9-6-4-5-7-10(9)13(20)21-3/h4-7,11-12,14H,8H2,1-3H3/t11-,12-,14+,16+/m0/s1. The van der Waals surface area contributed by atoms with E-state index in [9.17, 15) is 13.6 Å². The molecule has 2 saturated heterocycles. The highest BCUT2D eigenvalue weighted by Crippen LogP contribution is 2.75. The Hall–Kier alpha value is -1.57. The Labute approximate surface area is 137 Å². The molecule has 1 aromatic rings. The first kappa shape index (κ1) is 15.9. The lowest BCUT2D eigenvalue weighted by Crippen LogP contribution is -2.33. The molecule has 0 amide bonds. The molecule has 1 saturated carbocycles. The number of rotatable bonds is 2. The van der Waals surface area contributed by atoms with Crippen LogP contribution in [0, 0.1) is 5.41 Å². The van der Waals surface area contributed by atoms with Gasteiger partial charge in [-0.25, -0.2) is 13.6 Å². The van der Waals surface area contributed by atoms with Crippen LogP contribution in [0.25, 0.3) is 0 Å². The molecule has 1 aliphatic carbocycles. The monoisotopic (exact) mass is 340 g/mol. The Morgan fingerprint density at radius 3 is 2.54 bits per heavy atom. The van der Waals surface area contributed by atoms with Gasteiger partial charge in [0.25, 0.3) is 5.92 Å². The fraction of sp³-hybridized carbons (Fsp3) is 0.588. The van der Waals surface area contributed by atoms with E-state index in [4.69, 9.17) is 18.9 Å². The highest BCUT2D eigenvalue weighted by atomic mass is 19.3. The summed E-state index contributed by atoms with van der Waals surface area (Å²) in [4.78, 5) is 12.0. The lowest BCUT2D eigenvalue weighted by atomic mass is 9.87. The SMILES string of the molecule is COC(=O)c1ccccc1[C@@H]1O[C@@H]2OC(C)(C)O[C@@H]2[C@@]12CC2(F)F. The summed E-state index contributed by atoms with van der Waals surface area (Å²) in [5.74, 6) is -4.51. The van der Waals surface area contributed by atoms with E-state index in [-0.39, 0.29) is 12.0 Å². The van der Waals surface area contributed by atoms with Crippen molar-refractivity contribution in [2.75, 3.05) is 7.11 Å². The predicted octanol–water partition coefficient (Wildman–Crippen LogP) is 3.05. The van der Waals surface area contributed by atoms with Crippen LogP contribution in [-0.2, 0) is 18.9 Å². The molecule has 0 aromatic heterocycles. The Bertz CT molecular complexity index is 704. The van der Waals surface area contributed by atoms with Crippen molar-refractivity contribution in [3.63, 3.8) is 0 Å². The van der Waals surface area contributed by atoms with Gasteiger partial charge in [0.1, 0.15) is 17.6 Å². The number of fused-ring (bicyclic) bond motifs is 2. The molecule has 3 fully saturated rings. The molecular formula is C17H18F2O5. The van der Waals surface area contributed by atoms with Crippen molar-refractivity contribution in [3.8, 4) is 0 Å². The number of halogens is 2. The van der Waals surface area contributed by atoms with Gasteiger partial charge < -0.3 is 18.9 Å². The van der Waals surface area contributed by atoms with E-state index >= 15 is 0 Å². The van der Waals surface area contributed by atoms with Gasteiger partial charge in [-0.2, -0.15) is 0 Å². The highest BCUT2D eigenvalue weighted by Gasteiger charge is 2.85. The molecule has 0 N–H and O–H groups in total. The highest BCUT2D eigenvalue weighted by molar-refractivity contribution is 5.91. The number of carbonyl (C=O) groups is 1. The van der Waals surface area contributed by atoms with E-state index in [1.54, 1.807) is 38.1 Å². The second-order valence-electron chi connectivity index (χ2n) is 6.94. The Morgan fingerprint density at radius 2 is 1.92 bits per heavy atom. The van der Waals surface area contributed by atoms with Gasteiger partial charge in [-0.05, 0) is 25.5 Å². The van der Waals surface area contributed by atoms with Crippen LogP contribution in [0.5, 0.6) is 0 Å². The number of hydrogen-bond donors (Lipinski definition) is 0. The summed E-state index contributed by atoms with van der Waals surface area (Å²) in [6, 6.07) is 6.48. The molecule has 5 nitrogen and oxygen atoms in total. The van der Waals surface area contributed by atoms with Gasteiger partial charge in [-0.15, -0.1) is 0 Å². The minimum absolute atomic E-state index is 0.214. The van der Waals surface area contributed by atoms with Gasteiger partial charge in [-0.3, -0.25) is 0 Å². The number of carbonyl (C=O) groups excluding carboxylic acids is 1. The average molecular weight is 340 g/mol. The summed E-state index contributed by atoms with van der Waals surface area (Å²) in [5, 5.41) is 0. The Kier molecular flexibility index (Phi) is 3.15. The molecule has 2 heterocycles. The molecule has 1 spiro atoms. The van der Waals surface area contributed by atoms with E-state index < -0.39 is 41.6 Å².